The molecule has 2 rings (SSSR count). The van der Waals surface area contributed by atoms with Crippen LogP contribution in [-0.4, -0.2) is 24.8 Å². The average Bonchev–Trinajstić information content (AvgIpc) is 2.88. The van der Waals surface area contributed by atoms with Crippen LogP contribution in [0.5, 0.6) is 0 Å². The highest BCUT2D eigenvalue weighted by Gasteiger charge is 2.29. The highest BCUT2D eigenvalue weighted by atomic mass is 32.1. The zero-order valence-corrected chi connectivity index (χ0v) is 10.9. The lowest BCUT2D eigenvalue weighted by molar-refractivity contribution is 0.0326. The van der Waals surface area contributed by atoms with Crippen LogP contribution in [0.2, 0.25) is 0 Å². The van der Waals surface area contributed by atoms with Crippen molar-refractivity contribution in [2.45, 2.75) is 51.4 Å². The summed E-state index contributed by atoms with van der Waals surface area (Å²) in [6.45, 7) is 5.36. The molecule has 16 heavy (non-hydrogen) atoms. The quantitative estimate of drug-likeness (QED) is 0.853. The second-order valence-corrected chi connectivity index (χ2v) is 5.54. The normalized spacial score (nSPS) is 27.1. The van der Waals surface area contributed by atoms with Crippen molar-refractivity contribution in [3.63, 3.8) is 0 Å². The Morgan fingerprint density at radius 1 is 1.56 bits per heavy atom. The van der Waals surface area contributed by atoms with E-state index in [0.29, 0.717) is 18.2 Å². The summed E-state index contributed by atoms with van der Waals surface area (Å²) in [5.74, 6) is 0. The molecule has 2 nitrogen and oxygen atoms in total. The van der Waals surface area contributed by atoms with E-state index in [-0.39, 0.29) is 0 Å². The van der Waals surface area contributed by atoms with Crippen LogP contribution in [0.3, 0.4) is 0 Å². The van der Waals surface area contributed by atoms with Gasteiger partial charge in [0.15, 0.2) is 0 Å². The molecule has 3 heteroatoms. The number of thiophene rings is 1. The fourth-order valence-electron chi connectivity index (χ4n) is 2.37. The Bertz CT molecular complexity index is 299. The smallest absolute Gasteiger partial charge is 0.0736 e. The molecule has 0 radical (unpaired) electrons. The van der Waals surface area contributed by atoms with Crippen LogP contribution in [0, 0.1) is 0 Å². The molecule has 3 unspecified atom stereocenters. The van der Waals surface area contributed by atoms with Gasteiger partial charge in [0, 0.05) is 10.9 Å². The fourth-order valence-corrected chi connectivity index (χ4v) is 3.14. The van der Waals surface area contributed by atoms with Crippen LogP contribution < -0.4 is 5.32 Å². The molecule has 0 bridgehead atoms. The van der Waals surface area contributed by atoms with E-state index in [1.165, 1.54) is 17.7 Å². The molecule has 1 N–H and O–H groups in total. The van der Waals surface area contributed by atoms with E-state index < -0.39 is 0 Å². The van der Waals surface area contributed by atoms with E-state index in [9.17, 15) is 0 Å². The maximum absolute atomic E-state index is 5.97. The highest BCUT2D eigenvalue weighted by Crippen LogP contribution is 2.24. The molecule has 1 aromatic heterocycles. The number of hydrogen-bond donors (Lipinski definition) is 1. The molecule has 0 aromatic carbocycles. The highest BCUT2D eigenvalue weighted by molar-refractivity contribution is 7.09. The molecular weight excluding hydrogens is 218 g/mol. The molecule has 1 aliphatic rings. The molecule has 1 aliphatic heterocycles. The average molecular weight is 239 g/mol. The molecule has 0 aliphatic carbocycles. The second-order valence-electron chi connectivity index (χ2n) is 4.51. The van der Waals surface area contributed by atoms with Crippen molar-refractivity contribution in [1.82, 2.24) is 5.32 Å². The van der Waals surface area contributed by atoms with Gasteiger partial charge in [-0.15, -0.1) is 11.3 Å². The lowest BCUT2D eigenvalue weighted by Gasteiger charge is -2.24. The van der Waals surface area contributed by atoms with Crippen LogP contribution in [0.4, 0.5) is 0 Å². The van der Waals surface area contributed by atoms with Gasteiger partial charge in [0.1, 0.15) is 0 Å². The van der Waals surface area contributed by atoms with Crippen LogP contribution in [-0.2, 0) is 11.2 Å². The van der Waals surface area contributed by atoms with Crippen LogP contribution in [0.1, 0.15) is 31.6 Å². The van der Waals surface area contributed by atoms with Gasteiger partial charge in [-0.3, -0.25) is 0 Å². The number of nitrogens with one attached hydrogen (secondary N) is 1. The topological polar surface area (TPSA) is 21.3 Å². The summed E-state index contributed by atoms with van der Waals surface area (Å²) in [7, 11) is 0. The van der Waals surface area contributed by atoms with Crippen molar-refractivity contribution in [2.24, 2.45) is 0 Å². The zero-order valence-electron chi connectivity index (χ0n) is 10.1. The Labute approximate surface area is 102 Å². The zero-order chi connectivity index (χ0) is 11.4. The lowest BCUT2D eigenvalue weighted by Crippen LogP contribution is -2.41. The van der Waals surface area contributed by atoms with E-state index in [0.717, 1.165) is 13.0 Å². The molecule has 0 amide bonds. The molecule has 1 fully saturated rings. The molecular formula is C13H21NOS. The van der Waals surface area contributed by atoms with Gasteiger partial charge in [0.25, 0.3) is 0 Å². The molecule has 0 saturated carbocycles. The molecule has 1 aromatic rings. The van der Waals surface area contributed by atoms with E-state index in [2.05, 4.69) is 36.7 Å². The van der Waals surface area contributed by atoms with Gasteiger partial charge in [-0.05, 0) is 44.2 Å². The standard InChI is InChI=1S/C13H21NOS/c1-3-14-12(9-11-5-4-8-16-11)13-7-6-10(2)15-13/h4-5,8,10,12-14H,3,6-7,9H2,1-2H3. The van der Waals surface area contributed by atoms with E-state index in [1.807, 2.05) is 11.3 Å². The Kier molecular flexibility index (Phi) is 4.38. The third kappa shape index (κ3) is 3.06. The SMILES string of the molecule is CCNC(Cc1cccs1)C1CCC(C)O1. The van der Waals surface area contributed by atoms with Crippen molar-refractivity contribution in [3.8, 4) is 0 Å². The van der Waals surface area contributed by atoms with E-state index in [1.54, 1.807) is 0 Å². The first-order valence-corrected chi connectivity index (χ1v) is 7.08. The summed E-state index contributed by atoms with van der Waals surface area (Å²) in [5.41, 5.74) is 0. The lowest BCUT2D eigenvalue weighted by atomic mass is 10.0. The predicted octanol–water partition coefficient (Wildman–Crippen LogP) is 2.84. The van der Waals surface area contributed by atoms with Gasteiger partial charge < -0.3 is 10.1 Å². The van der Waals surface area contributed by atoms with E-state index >= 15 is 0 Å². The van der Waals surface area contributed by atoms with Gasteiger partial charge >= 0.3 is 0 Å². The molecule has 1 saturated heterocycles. The molecule has 2 heterocycles. The van der Waals surface area contributed by atoms with Crippen molar-refractivity contribution >= 4 is 11.3 Å². The predicted molar refractivity (Wildman–Crippen MR) is 69.1 cm³/mol. The number of ether oxygens (including phenoxy) is 1. The third-order valence-corrected chi connectivity index (χ3v) is 4.08. The third-order valence-electron chi connectivity index (χ3n) is 3.18. The summed E-state index contributed by atoms with van der Waals surface area (Å²) in [4.78, 5) is 1.45. The van der Waals surface area contributed by atoms with Crippen LogP contribution >= 0.6 is 11.3 Å². The van der Waals surface area contributed by atoms with Crippen molar-refractivity contribution in [3.05, 3.63) is 22.4 Å². The molecule has 0 spiro atoms. The first-order valence-electron chi connectivity index (χ1n) is 6.20. The van der Waals surface area contributed by atoms with Gasteiger partial charge in [0.2, 0.25) is 0 Å². The fraction of sp³-hybridized carbons (Fsp3) is 0.692. The summed E-state index contributed by atoms with van der Waals surface area (Å²) in [5, 5.41) is 5.71. The minimum Gasteiger partial charge on any atom is -0.374 e. The maximum atomic E-state index is 5.97. The minimum atomic E-state index is 0.400. The summed E-state index contributed by atoms with van der Waals surface area (Å²) in [6, 6.07) is 4.82. The summed E-state index contributed by atoms with van der Waals surface area (Å²) < 4.78 is 5.97. The Morgan fingerprint density at radius 3 is 3.00 bits per heavy atom. The first-order chi connectivity index (χ1) is 7.79. The van der Waals surface area contributed by atoms with Crippen molar-refractivity contribution in [1.29, 1.82) is 0 Å². The maximum Gasteiger partial charge on any atom is 0.0736 e. The Balaban J connectivity index is 1.94. The van der Waals surface area contributed by atoms with Crippen molar-refractivity contribution < 1.29 is 4.74 Å². The Morgan fingerprint density at radius 2 is 2.44 bits per heavy atom. The van der Waals surface area contributed by atoms with Gasteiger partial charge in [0.05, 0.1) is 12.2 Å². The summed E-state index contributed by atoms with van der Waals surface area (Å²) in [6.07, 6.45) is 4.34. The minimum absolute atomic E-state index is 0.400. The molecule has 90 valence electrons. The van der Waals surface area contributed by atoms with Gasteiger partial charge in [-0.1, -0.05) is 13.0 Å². The number of rotatable bonds is 5. The number of likely N-dealkylation sites (N-methyl/N-ethyl adjacent to an activating group) is 1. The first kappa shape index (κ1) is 12.1. The van der Waals surface area contributed by atoms with Crippen LogP contribution in [0.25, 0.3) is 0 Å². The monoisotopic (exact) mass is 239 g/mol. The van der Waals surface area contributed by atoms with Gasteiger partial charge in [-0.25, -0.2) is 0 Å². The number of hydrogen-bond acceptors (Lipinski definition) is 3. The van der Waals surface area contributed by atoms with Crippen molar-refractivity contribution in [2.75, 3.05) is 6.54 Å². The van der Waals surface area contributed by atoms with E-state index in [4.69, 9.17) is 4.74 Å². The second kappa shape index (κ2) is 5.80. The molecule has 3 atom stereocenters. The largest absolute Gasteiger partial charge is 0.374 e. The Hall–Kier alpha value is -0.380. The van der Waals surface area contributed by atoms with Gasteiger partial charge in [-0.2, -0.15) is 0 Å². The summed E-state index contributed by atoms with van der Waals surface area (Å²) >= 11 is 1.84. The van der Waals surface area contributed by atoms with Crippen LogP contribution in [0.15, 0.2) is 17.5 Å².